The summed E-state index contributed by atoms with van der Waals surface area (Å²) in [4.78, 5) is 6.13. The number of nitrogens with zero attached hydrogens (tertiary/aromatic N) is 3. The molecule has 22 heavy (non-hydrogen) atoms. The number of pyridine rings is 1. The lowest BCUT2D eigenvalue weighted by atomic mass is 10.1. The van der Waals surface area contributed by atoms with Crippen molar-refractivity contribution in [3.05, 3.63) is 53.9 Å². The highest BCUT2D eigenvalue weighted by Gasteiger charge is 2.03. The summed E-state index contributed by atoms with van der Waals surface area (Å²) in [5.41, 5.74) is 3.92. The number of hydrogen-bond donors (Lipinski definition) is 2. The van der Waals surface area contributed by atoms with Gasteiger partial charge in [-0.2, -0.15) is 5.26 Å². The van der Waals surface area contributed by atoms with Crippen LogP contribution in [-0.2, 0) is 13.2 Å². The van der Waals surface area contributed by atoms with E-state index in [9.17, 15) is 5.11 Å². The first-order valence-corrected chi connectivity index (χ1v) is 7.19. The zero-order valence-electron chi connectivity index (χ0n) is 12.7. The molecule has 0 spiro atoms. The second-order valence-electron chi connectivity index (χ2n) is 5.04. The van der Waals surface area contributed by atoms with Gasteiger partial charge in [-0.1, -0.05) is 12.1 Å². The maximum atomic E-state index is 9.29. The fourth-order valence-electron chi connectivity index (χ4n) is 2.13. The Kier molecular flexibility index (Phi) is 5.75. The van der Waals surface area contributed by atoms with E-state index in [1.54, 1.807) is 18.5 Å². The van der Waals surface area contributed by atoms with Crippen molar-refractivity contribution in [1.82, 2.24) is 4.98 Å². The van der Waals surface area contributed by atoms with Gasteiger partial charge in [0.2, 0.25) is 0 Å². The molecule has 1 aromatic carbocycles. The van der Waals surface area contributed by atoms with E-state index < -0.39 is 0 Å². The topological polar surface area (TPSA) is 72.2 Å². The highest BCUT2D eigenvalue weighted by atomic mass is 16.3. The molecule has 5 nitrogen and oxygen atoms in total. The first kappa shape index (κ1) is 15.8. The lowest BCUT2D eigenvalue weighted by Crippen LogP contribution is -2.17. The molecule has 0 radical (unpaired) electrons. The third-order valence-electron chi connectivity index (χ3n) is 3.50. The molecule has 2 rings (SSSR count). The van der Waals surface area contributed by atoms with Gasteiger partial charge >= 0.3 is 0 Å². The van der Waals surface area contributed by atoms with Crippen molar-refractivity contribution in [1.29, 1.82) is 5.26 Å². The lowest BCUT2D eigenvalue weighted by molar-refractivity contribution is 0.282. The molecule has 1 heterocycles. The van der Waals surface area contributed by atoms with Crippen molar-refractivity contribution >= 4 is 11.4 Å². The van der Waals surface area contributed by atoms with E-state index >= 15 is 0 Å². The van der Waals surface area contributed by atoms with E-state index in [1.165, 1.54) is 0 Å². The Morgan fingerprint density at radius 1 is 1.27 bits per heavy atom. The quantitative estimate of drug-likeness (QED) is 0.821. The largest absolute Gasteiger partial charge is 0.392 e. The average Bonchev–Trinajstić information content (AvgIpc) is 2.58. The van der Waals surface area contributed by atoms with Crippen molar-refractivity contribution in [2.75, 3.05) is 23.8 Å². The van der Waals surface area contributed by atoms with Crippen LogP contribution in [0.4, 0.5) is 11.4 Å². The standard InChI is InChI=1S/C17H20N4O/c1-21(10-2-8-18)16-5-3-14(4-6-16)11-20-17-12-19-9-7-15(17)13-22/h3-7,9,12,20,22H,2,10-11,13H2,1H3. The summed E-state index contributed by atoms with van der Waals surface area (Å²) < 4.78 is 0. The monoisotopic (exact) mass is 296 g/mol. The van der Waals surface area contributed by atoms with Gasteiger partial charge in [0.15, 0.2) is 0 Å². The summed E-state index contributed by atoms with van der Waals surface area (Å²) in [7, 11) is 1.98. The minimum Gasteiger partial charge on any atom is -0.392 e. The number of aliphatic hydroxyl groups excluding tert-OH is 1. The Balaban J connectivity index is 1.95. The van der Waals surface area contributed by atoms with Gasteiger partial charge in [0.1, 0.15) is 0 Å². The van der Waals surface area contributed by atoms with Crippen LogP contribution in [0, 0.1) is 11.3 Å². The van der Waals surface area contributed by atoms with Crippen LogP contribution in [0.2, 0.25) is 0 Å². The zero-order chi connectivity index (χ0) is 15.8. The Bertz CT molecular complexity index is 634. The number of nitriles is 1. The SMILES string of the molecule is CN(CCC#N)c1ccc(CNc2cnccc2CO)cc1. The summed E-state index contributed by atoms with van der Waals surface area (Å²) in [6, 6.07) is 12.2. The number of nitrogens with one attached hydrogen (secondary N) is 1. The van der Waals surface area contributed by atoms with Gasteiger partial charge in [-0.25, -0.2) is 0 Å². The summed E-state index contributed by atoms with van der Waals surface area (Å²) in [6.07, 6.45) is 3.91. The molecule has 0 bridgehead atoms. The molecular weight excluding hydrogens is 276 g/mol. The third-order valence-corrected chi connectivity index (χ3v) is 3.50. The van der Waals surface area contributed by atoms with Crippen LogP contribution >= 0.6 is 0 Å². The molecule has 0 atom stereocenters. The third kappa shape index (κ3) is 4.21. The summed E-state index contributed by atoms with van der Waals surface area (Å²) in [6.45, 7) is 1.39. The zero-order valence-corrected chi connectivity index (χ0v) is 12.7. The smallest absolute Gasteiger partial charge is 0.0703 e. The van der Waals surface area contributed by atoms with E-state index in [-0.39, 0.29) is 6.61 Å². The van der Waals surface area contributed by atoms with Crippen molar-refractivity contribution in [2.24, 2.45) is 0 Å². The Labute approximate surface area is 130 Å². The molecule has 2 N–H and O–H groups in total. The maximum absolute atomic E-state index is 9.29. The van der Waals surface area contributed by atoms with E-state index in [4.69, 9.17) is 5.26 Å². The molecule has 2 aromatic rings. The van der Waals surface area contributed by atoms with Crippen LogP contribution in [0.25, 0.3) is 0 Å². The number of hydrogen-bond acceptors (Lipinski definition) is 5. The van der Waals surface area contributed by atoms with Crippen LogP contribution in [-0.4, -0.2) is 23.7 Å². The molecule has 0 aliphatic heterocycles. The van der Waals surface area contributed by atoms with E-state index in [0.717, 1.165) is 29.0 Å². The summed E-state index contributed by atoms with van der Waals surface area (Å²) >= 11 is 0. The molecule has 0 aliphatic carbocycles. The molecule has 0 aliphatic rings. The van der Waals surface area contributed by atoms with Gasteiger partial charge in [0.05, 0.1) is 31.0 Å². The molecule has 0 fully saturated rings. The Hall–Kier alpha value is -2.58. The minimum absolute atomic E-state index is 0.00647. The van der Waals surface area contributed by atoms with Crippen molar-refractivity contribution in [3.8, 4) is 6.07 Å². The van der Waals surface area contributed by atoms with Crippen LogP contribution in [0.3, 0.4) is 0 Å². The Morgan fingerprint density at radius 2 is 2.05 bits per heavy atom. The fraction of sp³-hybridized carbons (Fsp3) is 0.294. The summed E-state index contributed by atoms with van der Waals surface area (Å²) in [5, 5.41) is 21.2. The second-order valence-corrected chi connectivity index (χ2v) is 5.04. The van der Waals surface area contributed by atoms with Crippen molar-refractivity contribution in [3.63, 3.8) is 0 Å². The number of anilines is 2. The van der Waals surface area contributed by atoms with Gasteiger partial charge in [-0.3, -0.25) is 4.98 Å². The normalized spacial score (nSPS) is 10.0. The number of benzene rings is 1. The number of aliphatic hydroxyl groups is 1. The highest BCUT2D eigenvalue weighted by molar-refractivity contribution is 5.50. The van der Waals surface area contributed by atoms with Crippen LogP contribution < -0.4 is 10.2 Å². The van der Waals surface area contributed by atoms with Gasteiger partial charge in [0.25, 0.3) is 0 Å². The molecule has 0 unspecified atom stereocenters. The van der Waals surface area contributed by atoms with Crippen molar-refractivity contribution < 1.29 is 5.11 Å². The first-order chi connectivity index (χ1) is 10.7. The van der Waals surface area contributed by atoms with E-state index in [2.05, 4.69) is 33.4 Å². The lowest BCUT2D eigenvalue weighted by Gasteiger charge is -2.18. The molecule has 5 heteroatoms. The molecule has 1 aromatic heterocycles. The second kappa shape index (κ2) is 8.01. The maximum Gasteiger partial charge on any atom is 0.0703 e. The fourth-order valence-corrected chi connectivity index (χ4v) is 2.13. The predicted octanol–water partition coefficient (Wildman–Crippen LogP) is 2.54. The molecule has 114 valence electrons. The first-order valence-electron chi connectivity index (χ1n) is 7.19. The minimum atomic E-state index is -0.00647. The van der Waals surface area contributed by atoms with E-state index in [0.29, 0.717) is 13.0 Å². The number of aromatic nitrogens is 1. The molecule has 0 amide bonds. The van der Waals surface area contributed by atoms with Gasteiger partial charge in [0, 0.05) is 37.6 Å². The molecular formula is C17H20N4O. The highest BCUT2D eigenvalue weighted by Crippen LogP contribution is 2.17. The van der Waals surface area contributed by atoms with Gasteiger partial charge in [-0.15, -0.1) is 0 Å². The van der Waals surface area contributed by atoms with Crippen LogP contribution in [0.15, 0.2) is 42.7 Å². The number of rotatable bonds is 7. The van der Waals surface area contributed by atoms with Gasteiger partial charge in [-0.05, 0) is 23.8 Å². The van der Waals surface area contributed by atoms with Crippen molar-refractivity contribution in [2.45, 2.75) is 19.6 Å². The average molecular weight is 296 g/mol. The molecule has 0 saturated heterocycles. The predicted molar refractivity (Wildman–Crippen MR) is 87.4 cm³/mol. The van der Waals surface area contributed by atoms with Gasteiger partial charge < -0.3 is 15.3 Å². The van der Waals surface area contributed by atoms with Crippen LogP contribution in [0.1, 0.15) is 17.5 Å². The van der Waals surface area contributed by atoms with E-state index in [1.807, 2.05) is 19.2 Å². The Morgan fingerprint density at radius 3 is 2.73 bits per heavy atom. The van der Waals surface area contributed by atoms with Crippen LogP contribution in [0.5, 0.6) is 0 Å². The molecule has 0 saturated carbocycles. The summed E-state index contributed by atoms with van der Waals surface area (Å²) in [5.74, 6) is 0.